The molecule has 0 spiro atoms. The molecule has 0 aliphatic carbocycles. The summed E-state index contributed by atoms with van der Waals surface area (Å²) in [7, 11) is -3.67. The molecule has 0 aliphatic rings. The molecule has 0 saturated carbocycles. The molecule has 2 rings (SSSR count). The average molecular weight is 231 g/mol. The second-order valence-corrected chi connectivity index (χ2v) is 4.26. The van der Waals surface area contributed by atoms with E-state index in [-0.39, 0.29) is 5.48 Å². The number of fused-ring (bicyclic) bond motifs is 1. The highest BCUT2D eigenvalue weighted by Crippen LogP contribution is 2.09. The van der Waals surface area contributed by atoms with Gasteiger partial charge in [0.15, 0.2) is 0 Å². The Balaban J connectivity index is 0.000000289. The van der Waals surface area contributed by atoms with Crippen molar-refractivity contribution in [2.75, 3.05) is 6.26 Å². The van der Waals surface area contributed by atoms with Crippen molar-refractivity contribution in [1.29, 1.82) is 0 Å². The Bertz CT molecular complexity index is 465. The van der Waals surface area contributed by atoms with Gasteiger partial charge in [-0.05, 0) is 17.5 Å². The molecule has 1 heterocycles. The summed E-state index contributed by atoms with van der Waals surface area (Å²) in [5.41, 5.74) is 1.21. The number of hydrogen-bond donors (Lipinski definition) is 2. The summed E-state index contributed by atoms with van der Waals surface area (Å²) in [5.74, 6) is 0. The van der Waals surface area contributed by atoms with Gasteiger partial charge in [-0.3, -0.25) is 4.55 Å². The van der Waals surface area contributed by atoms with E-state index in [1.165, 1.54) is 10.9 Å². The van der Waals surface area contributed by atoms with E-state index in [0.29, 0.717) is 6.26 Å². The van der Waals surface area contributed by atoms with E-state index in [1.807, 2.05) is 18.3 Å². The fourth-order valence-electron chi connectivity index (χ4n) is 0.995. The molecule has 15 heavy (non-hydrogen) atoms. The van der Waals surface area contributed by atoms with E-state index < -0.39 is 10.1 Å². The van der Waals surface area contributed by atoms with Crippen molar-refractivity contribution < 1.29 is 18.4 Å². The summed E-state index contributed by atoms with van der Waals surface area (Å²) in [5, 5.41) is 1.28. The van der Waals surface area contributed by atoms with Crippen molar-refractivity contribution in [3.8, 4) is 0 Å². The third-order valence-electron chi connectivity index (χ3n) is 1.46. The maximum Gasteiger partial charge on any atom is 0.261 e. The van der Waals surface area contributed by atoms with Crippen LogP contribution in [0.25, 0.3) is 10.9 Å². The van der Waals surface area contributed by atoms with Crippen LogP contribution in [0.2, 0.25) is 0 Å². The van der Waals surface area contributed by atoms with E-state index in [1.54, 1.807) is 0 Å². The first-order valence-electron chi connectivity index (χ1n) is 3.91. The highest BCUT2D eigenvalue weighted by molar-refractivity contribution is 7.85. The monoisotopic (exact) mass is 231 g/mol. The first-order valence-corrected chi connectivity index (χ1v) is 5.76. The molecule has 0 bridgehead atoms. The van der Waals surface area contributed by atoms with Gasteiger partial charge in [-0.15, -0.1) is 0 Å². The average Bonchev–Trinajstić information content (AvgIpc) is 2.47. The zero-order valence-electron chi connectivity index (χ0n) is 8.14. The van der Waals surface area contributed by atoms with E-state index in [2.05, 4.69) is 23.2 Å². The zero-order chi connectivity index (χ0) is 10.6. The summed E-state index contributed by atoms with van der Waals surface area (Å²) in [6.07, 6.45) is 2.66. The third-order valence-corrected chi connectivity index (χ3v) is 1.46. The lowest BCUT2D eigenvalue weighted by molar-refractivity contribution is 0.490. The van der Waals surface area contributed by atoms with E-state index >= 15 is 0 Å². The van der Waals surface area contributed by atoms with Crippen LogP contribution in [0.4, 0.5) is 0 Å². The fourth-order valence-corrected chi connectivity index (χ4v) is 0.995. The van der Waals surface area contributed by atoms with Gasteiger partial charge >= 0.3 is 0 Å². The first-order chi connectivity index (χ1) is 6.47. The Hall–Kier alpha value is -1.37. The van der Waals surface area contributed by atoms with E-state index in [0.717, 1.165) is 0 Å². The summed E-state index contributed by atoms with van der Waals surface area (Å²) in [4.78, 5) is 3.12. The molecular weight excluding hydrogens is 218 g/mol. The number of nitrogens with one attached hydrogen (secondary N) is 1. The highest BCUT2D eigenvalue weighted by Gasteiger charge is 1.86. The first kappa shape index (κ1) is 13.6. The lowest BCUT2D eigenvalue weighted by atomic mass is 10.3. The number of hydrogen-bond acceptors (Lipinski definition) is 2. The Kier molecular flexibility index (Phi) is 4.99. The maximum absolute atomic E-state index is 9.19. The van der Waals surface area contributed by atoms with Crippen LogP contribution in [-0.2, 0) is 10.1 Å². The van der Waals surface area contributed by atoms with Crippen molar-refractivity contribution in [2.45, 2.75) is 0 Å². The zero-order valence-corrected chi connectivity index (χ0v) is 8.95. The van der Waals surface area contributed by atoms with Gasteiger partial charge in [-0.25, -0.2) is 0 Å². The van der Waals surface area contributed by atoms with Gasteiger partial charge in [-0.2, -0.15) is 8.42 Å². The predicted octanol–water partition coefficient (Wildman–Crippen LogP) is 0.847. The van der Waals surface area contributed by atoms with Crippen LogP contribution in [0.1, 0.15) is 0 Å². The summed E-state index contributed by atoms with van der Waals surface area (Å²) < 4.78 is 25.9. The third kappa shape index (κ3) is 5.84. The Morgan fingerprint density at radius 2 is 1.73 bits per heavy atom. The standard InChI is InChI=1S/C8H7N.CH4O3S.H2O/c1-2-4-8-7(3-1)5-6-9-8;1-5(2,3)4;/h1-6,9H;1H3,(H,2,3,4);1H2. The van der Waals surface area contributed by atoms with Gasteiger partial charge in [0.1, 0.15) is 0 Å². The Labute approximate surface area is 87.8 Å². The van der Waals surface area contributed by atoms with Gasteiger partial charge in [0.05, 0.1) is 6.26 Å². The quantitative estimate of drug-likeness (QED) is 0.657. The smallest absolute Gasteiger partial charge is 0.261 e. The van der Waals surface area contributed by atoms with Gasteiger partial charge in [0.25, 0.3) is 10.1 Å². The molecule has 84 valence electrons. The van der Waals surface area contributed by atoms with Crippen LogP contribution >= 0.6 is 0 Å². The minimum absolute atomic E-state index is 0. The predicted molar refractivity (Wildman–Crippen MR) is 59.4 cm³/mol. The second kappa shape index (κ2) is 5.50. The SMILES string of the molecule is CS(=O)(=O)O.O.c1ccc2[nH]ccc2c1. The normalized spacial score (nSPS) is 10.0. The molecule has 4 N–H and O–H groups in total. The molecule has 1 aromatic carbocycles. The minimum atomic E-state index is -3.67. The topological polar surface area (TPSA) is 102 Å². The van der Waals surface area contributed by atoms with Crippen LogP contribution in [0.3, 0.4) is 0 Å². The molecule has 6 heteroatoms. The molecule has 0 aliphatic heterocycles. The van der Waals surface area contributed by atoms with Crippen LogP contribution in [-0.4, -0.2) is 29.7 Å². The van der Waals surface area contributed by atoms with Gasteiger partial charge in [0.2, 0.25) is 0 Å². The lowest BCUT2D eigenvalue weighted by Gasteiger charge is -1.83. The van der Waals surface area contributed by atoms with E-state index in [9.17, 15) is 8.42 Å². The van der Waals surface area contributed by atoms with Crippen LogP contribution < -0.4 is 0 Å². The number of aromatic amines is 1. The second-order valence-electron chi connectivity index (χ2n) is 2.80. The lowest BCUT2D eigenvalue weighted by Crippen LogP contribution is -1.88. The number of para-hydroxylation sites is 1. The number of benzene rings is 1. The number of H-pyrrole nitrogens is 1. The molecule has 5 nitrogen and oxygen atoms in total. The van der Waals surface area contributed by atoms with Gasteiger partial charge in [0, 0.05) is 11.7 Å². The van der Waals surface area contributed by atoms with Crippen molar-refractivity contribution >= 4 is 21.0 Å². The Morgan fingerprint density at radius 1 is 1.20 bits per heavy atom. The molecule has 0 unspecified atom stereocenters. The van der Waals surface area contributed by atoms with Crippen molar-refractivity contribution in [3.05, 3.63) is 36.5 Å². The minimum Gasteiger partial charge on any atom is -0.412 e. The summed E-state index contributed by atoms with van der Waals surface area (Å²) in [6.45, 7) is 0. The van der Waals surface area contributed by atoms with Crippen molar-refractivity contribution in [1.82, 2.24) is 4.98 Å². The van der Waals surface area contributed by atoms with Crippen LogP contribution in [0, 0.1) is 0 Å². The largest absolute Gasteiger partial charge is 0.412 e. The Morgan fingerprint density at radius 3 is 2.27 bits per heavy atom. The van der Waals surface area contributed by atoms with Crippen molar-refractivity contribution in [2.24, 2.45) is 0 Å². The maximum atomic E-state index is 9.19. The van der Waals surface area contributed by atoms with E-state index in [4.69, 9.17) is 4.55 Å². The molecular formula is C9H13NO4S. The molecule has 2 aromatic rings. The van der Waals surface area contributed by atoms with Gasteiger partial charge < -0.3 is 10.5 Å². The molecule has 0 atom stereocenters. The van der Waals surface area contributed by atoms with Gasteiger partial charge in [-0.1, -0.05) is 18.2 Å². The molecule has 0 amide bonds. The van der Waals surface area contributed by atoms with Crippen LogP contribution in [0.5, 0.6) is 0 Å². The molecule has 0 saturated heterocycles. The molecule has 0 radical (unpaired) electrons. The summed E-state index contributed by atoms with van der Waals surface area (Å²) in [6, 6.07) is 10.3. The number of rotatable bonds is 0. The van der Waals surface area contributed by atoms with Crippen molar-refractivity contribution in [3.63, 3.8) is 0 Å². The molecule has 1 aromatic heterocycles. The number of aromatic nitrogens is 1. The highest BCUT2D eigenvalue weighted by atomic mass is 32.2. The van der Waals surface area contributed by atoms with Crippen LogP contribution in [0.15, 0.2) is 36.5 Å². The molecule has 0 fully saturated rings. The summed E-state index contributed by atoms with van der Waals surface area (Å²) >= 11 is 0. The fraction of sp³-hybridized carbons (Fsp3) is 0.111.